The molecule has 0 saturated heterocycles. The molecule has 0 aliphatic carbocycles. The third kappa shape index (κ3) is 2.82. The number of carbonyl (C=O) groups is 1. The molecular weight excluding hydrogens is 302 g/mol. The number of rotatable bonds is 4. The summed E-state index contributed by atoms with van der Waals surface area (Å²) in [5, 5.41) is 28.2. The van der Waals surface area contributed by atoms with Crippen molar-refractivity contribution in [2.75, 3.05) is 6.61 Å². The Kier molecular flexibility index (Phi) is 4.37. The molecule has 5 nitrogen and oxygen atoms in total. The lowest BCUT2D eigenvalue weighted by Gasteiger charge is -2.30. The molecule has 0 heterocycles. The van der Waals surface area contributed by atoms with Crippen LogP contribution < -0.4 is 5.73 Å². The average molecular weight is 318 g/mol. The van der Waals surface area contributed by atoms with E-state index in [0.717, 1.165) is 0 Å². The van der Waals surface area contributed by atoms with Crippen molar-refractivity contribution in [3.05, 3.63) is 27.7 Å². The number of phenols is 1. The van der Waals surface area contributed by atoms with Gasteiger partial charge in [-0.15, -0.1) is 0 Å². The van der Waals surface area contributed by atoms with E-state index in [1.54, 1.807) is 13.8 Å². The van der Waals surface area contributed by atoms with Crippen molar-refractivity contribution < 1.29 is 20.1 Å². The minimum atomic E-state index is -1.11. The van der Waals surface area contributed by atoms with E-state index >= 15 is 0 Å². The lowest BCUT2D eigenvalue weighted by atomic mass is 9.81. The van der Waals surface area contributed by atoms with Crippen LogP contribution in [0.4, 0.5) is 0 Å². The highest BCUT2D eigenvalue weighted by Gasteiger charge is 2.30. The van der Waals surface area contributed by atoms with Crippen LogP contribution >= 0.6 is 15.9 Å². The Morgan fingerprint density at radius 2 is 2.06 bits per heavy atom. The maximum Gasteiger partial charge on any atom is 0.335 e. The monoisotopic (exact) mass is 317 g/mol. The number of phenolic OH excluding ortho intramolecular Hbond substituents is 1. The Bertz CT molecular complexity index is 473. The lowest BCUT2D eigenvalue weighted by molar-refractivity contribution is 0.0696. The van der Waals surface area contributed by atoms with Crippen LogP contribution in [0.2, 0.25) is 0 Å². The molecule has 0 unspecified atom stereocenters. The van der Waals surface area contributed by atoms with Crippen LogP contribution in [-0.2, 0) is 0 Å². The molecule has 0 bridgehead atoms. The fraction of sp³-hybridized carbons (Fsp3) is 0.417. The van der Waals surface area contributed by atoms with Crippen molar-refractivity contribution >= 4 is 21.9 Å². The van der Waals surface area contributed by atoms with Gasteiger partial charge in [0.25, 0.3) is 0 Å². The van der Waals surface area contributed by atoms with E-state index in [1.165, 1.54) is 12.1 Å². The van der Waals surface area contributed by atoms with Crippen LogP contribution in [0.25, 0.3) is 0 Å². The van der Waals surface area contributed by atoms with Crippen molar-refractivity contribution in [1.29, 1.82) is 0 Å². The summed E-state index contributed by atoms with van der Waals surface area (Å²) in [6, 6.07) is 1.95. The van der Waals surface area contributed by atoms with Gasteiger partial charge in [-0.2, -0.15) is 0 Å². The molecule has 6 heteroatoms. The number of aliphatic hydroxyl groups excluding tert-OH is 1. The van der Waals surface area contributed by atoms with Gasteiger partial charge in [0.05, 0.1) is 10.0 Å². The number of hydrogen-bond acceptors (Lipinski definition) is 4. The highest BCUT2D eigenvalue weighted by molar-refractivity contribution is 9.10. The zero-order chi connectivity index (χ0) is 14.1. The van der Waals surface area contributed by atoms with E-state index in [4.69, 9.17) is 10.8 Å². The fourth-order valence-corrected chi connectivity index (χ4v) is 1.98. The maximum absolute atomic E-state index is 11.0. The standard InChI is InChI=1S/C12H16BrNO4/c1-12(2,5-15)10(14)7-3-6(11(17)18)4-8(13)9(7)16/h3-4,10,15-16H,5,14H2,1-2H3,(H,17,18)/t10-/m0/s1. The normalized spacial score (nSPS) is 13.4. The van der Waals surface area contributed by atoms with Gasteiger partial charge in [-0.3, -0.25) is 0 Å². The van der Waals surface area contributed by atoms with Crippen LogP contribution in [0, 0.1) is 5.41 Å². The van der Waals surface area contributed by atoms with Gasteiger partial charge in [0.15, 0.2) is 0 Å². The largest absolute Gasteiger partial charge is 0.506 e. The predicted octanol–water partition coefficient (Wildman–Crippen LogP) is 1.87. The van der Waals surface area contributed by atoms with Gasteiger partial charge in [-0.05, 0) is 28.1 Å². The van der Waals surface area contributed by atoms with Crippen LogP contribution in [0.3, 0.4) is 0 Å². The third-order valence-electron chi connectivity index (χ3n) is 2.92. The smallest absolute Gasteiger partial charge is 0.335 e. The first-order chi connectivity index (χ1) is 8.20. The van der Waals surface area contributed by atoms with Crippen molar-refractivity contribution in [1.82, 2.24) is 0 Å². The second-order valence-electron chi connectivity index (χ2n) is 4.83. The Morgan fingerprint density at radius 3 is 2.50 bits per heavy atom. The number of aromatic carboxylic acids is 1. The third-order valence-corrected chi connectivity index (χ3v) is 3.53. The van der Waals surface area contributed by atoms with Crippen LogP contribution in [0.15, 0.2) is 16.6 Å². The minimum absolute atomic E-state index is 0.0267. The lowest BCUT2D eigenvalue weighted by Crippen LogP contribution is -2.32. The number of hydrogen-bond donors (Lipinski definition) is 4. The first-order valence-corrected chi connectivity index (χ1v) is 6.12. The summed E-state index contributed by atoms with van der Waals surface area (Å²) >= 11 is 3.09. The second-order valence-corrected chi connectivity index (χ2v) is 5.68. The summed E-state index contributed by atoms with van der Waals surface area (Å²) in [5.74, 6) is -1.21. The van der Waals surface area contributed by atoms with Crippen LogP contribution in [0.1, 0.15) is 35.8 Å². The molecule has 5 N–H and O–H groups in total. The number of aromatic hydroxyl groups is 1. The molecule has 18 heavy (non-hydrogen) atoms. The number of aliphatic hydroxyl groups is 1. The number of halogens is 1. The van der Waals surface area contributed by atoms with Crippen molar-refractivity contribution in [3.8, 4) is 5.75 Å². The first kappa shape index (κ1) is 14.9. The molecule has 0 amide bonds. The molecule has 1 aromatic carbocycles. The Balaban J connectivity index is 3.35. The Morgan fingerprint density at radius 1 is 1.50 bits per heavy atom. The van der Waals surface area contributed by atoms with Gasteiger partial charge in [-0.25, -0.2) is 4.79 Å². The second kappa shape index (κ2) is 5.26. The molecule has 0 aliphatic heterocycles. The van der Waals surface area contributed by atoms with Gasteiger partial charge in [0, 0.05) is 23.6 Å². The summed E-state index contributed by atoms with van der Waals surface area (Å²) in [6.45, 7) is 3.29. The summed E-state index contributed by atoms with van der Waals surface area (Å²) < 4.78 is 0.265. The minimum Gasteiger partial charge on any atom is -0.506 e. The van der Waals surface area contributed by atoms with Gasteiger partial charge in [0.1, 0.15) is 5.75 Å². The van der Waals surface area contributed by atoms with E-state index in [9.17, 15) is 15.0 Å². The van der Waals surface area contributed by atoms with E-state index in [-0.39, 0.29) is 22.4 Å². The molecule has 0 spiro atoms. The molecule has 0 saturated carbocycles. The van der Waals surface area contributed by atoms with Crippen molar-refractivity contribution in [3.63, 3.8) is 0 Å². The predicted molar refractivity (Wildman–Crippen MR) is 70.6 cm³/mol. The number of benzene rings is 1. The SMILES string of the molecule is CC(C)(CO)[C@@H](N)c1cc(C(=O)O)cc(Br)c1O. The summed E-state index contributed by atoms with van der Waals surface area (Å²) in [7, 11) is 0. The maximum atomic E-state index is 11.0. The average Bonchev–Trinajstić information content (AvgIpc) is 2.31. The Labute approximate surface area is 113 Å². The zero-order valence-electron chi connectivity index (χ0n) is 10.1. The van der Waals surface area contributed by atoms with Gasteiger partial charge >= 0.3 is 5.97 Å². The van der Waals surface area contributed by atoms with E-state index in [1.807, 2.05) is 0 Å². The number of nitrogens with two attached hydrogens (primary N) is 1. The summed E-state index contributed by atoms with van der Waals surface area (Å²) in [5.41, 5.74) is 5.63. The highest BCUT2D eigenvalue weighted by Crippen LogP contribution is 2.39. The van der Waals surface area contributed by atoms with Crippen LogP contribution in [-0.4, -0.2) is 27.9 Å². The van der Waals surface area contributed by atoms with Crippen molar-refractivity contribution in [2.45, 2.75) is 19.9 Å². The molecular formula is C12H16BrNO4. The first-order valence-electron chi connectivity index (χ1n) is 5.33. The number of carboxylic acids is 1. The molecule has 0 aromatic heterocycles. The number of carboxylic acid groups (broad SMARTS) is 1. The quantitative estimate of drug-likeness (QED) is 0.678. The topological polar surface area (TPSA) is 104 Å². The molecule has 1 atom stereocenters. The molecule has 0 fully saturated rings. The molecule has 100 valence electrons. The molecule has 0 radical (unpaired) electrons. The van der Waals surface area contributed by atoms with E-state index in [2.05, 4.69) is 15.9 Å². The van der Waals surface area contributed by atoms with Crippen molar-refractivity contribution in [2.24, 2.45) is 11.1 Å². The molecule has 0 aliphatic rings. The van der Waals surface area contributed by atoms with Crippen LogP contribution in [0.5, 0.6) is 5.75 Å². The van der Waals surface area contributed by atoms with Gasteiger partial charge in [0.2, 0.25) is 0 Å². The van der Waals surface area contributed by atoms with E-state index in [0.29, 0.717) is 5.56 Å². The van der Waals surface area contributed by atoms with Gasteiger partial charge in [-0.1, -0.05) is 13.8 Å². The molecule has 1 rings (SSSR count). The zero-order valence-corrected chi connectivity index (χ0v) is 11.7. The van der Waals surface area contributed by atoms with E-state index < -0.39 is 17.4 Å². The summed E-state index contributed by atoms with van der Waals surface area (Å²) in [6.07, 6.45) is 0. The Hall–Kier alpha value is -1.11. The van der Waals surface area contributed by atoms with Gasteiger partial charge < -0.3 is 21.1 Å². The highest BCUT2D eigenvalue weighted by atomic mass is 79.9. The molecule has 1 aromatic rings. The fourth-order valence-electron chi connectivity index (χ4n) is 1.50. The summed E-state index contributed by atoms with van der Waals surface area (Å²) in [4.78, 5) is 11.0.